The fourth-order valence-electron chi connectivity index (χ4n) is 4.71. The maximum Gasteiger partial charge on any atom is 0.258 e. The Hall–Kier alpha value is -2.60. The van der Waals surface area contributed by atoms with Gasteiger partial charge < -0.3 is 15.4 Å². The number of benzene rings is 2. The van der Waals surface area contributed by atoms with Crippen LogP contribution in [0.25, 0.3) is 0 Å². The lowest BCUT2D eigenvalue weighted by Crippen LogP contribution is -2.78. The van der Waals surface area contributed by atoms with E-state index in [9.17, 15) is 14.0 Å². The van der Waals surface area contributed by atoms with Gasteiger partial charge in [-0.1, -0.05) is 41.4 Å². The standard InChI is InChI=1S/C24H26ClFN2O3/c1-15-3-5-17(6-4-15)9-16(2)27-22(30)23-12-24(13-23,14-23)28-21(29)11-31-18-7-8-19(25)20(26)10-18/h3-8,10,16H,9,11-14H2,1-2H3,(H,27,30)(H,28,29). The molecule has 164 valence electrons. The molecular weight excluding hydrogens is 419 g/mol. The van der Waals surface area contributed by atoms with Crippen molar-refractivity contribution < 1.29 is 18.7 Å². The molecule has 0 aliphatic heterocycles. The van der Waals surface area contributed by atoms with Crippen molar-refractivity contribution in [2.24, 2.45) is 5.41 Å². The second kappa shape index (κ2) is 8.15. The third-order valence-electron chi connectivity index (χ3n) is 6.22. The molecule has 0 radical (unpaired) electrons. The topological polar surface area (TPSA) is 67.4 Å². The summed E-state index contributed by atoms with van der Waals surface area (Å²) in [6.07, 6.45) is 2.71. The van der Waals surface area contributed by atoms with Crippen LogP contribution in [0.5, 0.6) is 5.75 Å². The summed E-state index contributed by atoms with van der Waals surface area (Å²) in [7, 11) is 0. The minimum absolute atomic E-state index is 0.00225. The highest BCUT2D eigenvalue weighted by molar-refractivity contribution is 6.30. The first-order chi connectivity index (χ1) is 14.7. The summed E-state index contributed by atoms with van der Waals surface area (Å²) in [5, 5.41) is 6.10. The van der Waals surface area contributed by atoms with Gasteiger partial charge in [-0.25, -0.2) is 4.39 Å². The summed E-state index contributed by atoms with van der Waals surface area (Å²) in [4.78, 5) is 25.0. The van der Waals surface area contributed by atoms with Crippen molar-refractivity contribution in [1.29, 1.82) is 0 Å². The summed E-state index contributed by atoms with van der Waals surface area (Å²) in [5.41, 5.74) is 1.73. The zero-order chi connectivity index (χ0) is 22.2. The molecule has 5 rings (SSSR count). The van der Waals surface area contributed by atoms with Crippen LogP contribution in [0.3, 0.4) is 0 Å². The van der Waals surface area contributed by atoms with Gasteiger partial charge in [0, 0.05) is 17.6 Å². The number of amides is 2. The van der Waals surface area contributed by atoms with E-state index >= 15 is 0 Å². The summed E-state index contributed by atoms with van der Waals surface area (Å²) in [5.74, 6) is -0.565. The third-order valence-corrected chi connectivity index (χ3v) is 6.52. The molecule has 2 aromatic rings. The summed E-state index contributed by atoms with van der Waals surface area (Å²) < 4.78 is 18.8. The van der Waals surface area contributed by atoms with Crippen LogP contribution < -0.4 is 15.4 Å². The van der Waals surface area contributed by atoms with E-state index in [0.717, 1.165) is 12.5 Å². The molecule has 3 aliphatic rings. The lowest BCUT2D eigenvalue weighted by atomic mass is 9.39. The molecule has 7 heteroatoms. The van der Waals surface area contributed by atoms with Crippen molar-refractivity contribution in [3.63, 3.8) is 0 Å². The molecule has 0 heterocycles. The van der Waals surface area contributed by atoms with E-state index in [1.165, 1.54) is 23.3 Å². The van der Waals surface area contributed by atoms with Crippen LogP contribution in [-0.4, -0.2) is 30.0 Å². The summed E-state index contributed by atoms with van der Waals surface area (Å²) >= 11 is 5.64. The number of nitrogens with one attached hydrogen (secondary N) is 2. The van der Waals surface area contributed by atoms with Crippen molar-refractivity contribution in [2.45, 2.75) is 51.1 Å². The van der Waals surface area contributed by atoms with Crippen LogP contribution in [0.15, 0.2) is 42.5 Å². The van der Waals surface area contributed by atoms with Crippen LogP contribution in [0, 0.1) is 18.2 Å². The molecule has 5 nitrogen and oxygen atoms in total. The zero-order valence-corrected chi connectivity index (χ0v) is 18.4. The van der Waals surface area contributed by atoms with E-state index in [2.05, 4.69) is 41.8 Å². The van der Waals surface area contributed by atoms with E-state index < -0.39 is 5.82 Å². The lowest BCUT2D eigenvalue weighted by molar-refractivity contribution is -0.184. The number of hydrogen-bond donors (Lipinski definition) is 2. The van der Waals surface area contributed by atoms with Crippen molar-refractivity contribution in [1.82, 2.24) is 10.6 Å². The minimum Gasteiger partial charge on any atom is -0.484 e. The van der Waals surface area contributed by atoms with E-state index in [4.69, 9.17) is 16.3 Å². The van der Waals surface area contributed by atoms with Gasteiger partial charge in [0.25, 0.3) is 5.91 Å². The van der Waals surface area contributed by atoms with Crippen molar-refractivity contribution in [3.8, 4) is 5.75 Å². The van der Waals surface area contributed by atoms with Gasteiger partial charge in [-0.2, -0.15) is 0 Å². The Bertz CT molecular complexity index is 989. The molecule has 2 bridgehead atoms. The highest BCUT2D eigenvalue weighted by atomic mass is 35.5. The SMILES string of the molecule is Cc1ccc(CC(C)NC(=O)C23CC(NC(=O)COc4ccc(Cl)c(F)c4)(C2)C3)cc1. The second-order valence-electron chi connectivity index (χ2n) is 9.07. The first kappa shape index (κ1) is 21.6. The quantitative estimate of drug-likeness (QED) is 0.647. The number of aryl methyl sites for hydroxylation is 1. The van der Waals surface area contributed by atoms with Gasteiger partial charge in [-0.3, -0.25) is 9.59 Å². The highest BCUT2D eigenvalue weighted by Crippen LogP contribution is 2.67. The molecule has 1 atom stereocenters. The fraction of sp³-hybridized carbons (Fsp3) is 0.417. The second-order valence-corrected chi connectivity index (χ2v) is 9.48. The number of carbonyl (C=O) groups is 2. The van der Waals surface area contributed by atoms with E-state index in [0.29, 0.717) is 19.3 Å². The molecule has 2 N–H and O–H groups in total. The zero-order valence-electron chi connectivity index (χ0n) is 17.6. The molecule has 0 spiro atoms. The molecule has 1 unspecified atom stereocenters. The summed E-state index contributed by atoms with van der Waals surface area (Å²) in [6.45, 7) is 3.85. The normalized spacial score (nSPS) is 24.4. The largest absolute Gasteiger partial charge is 0.484 e. The molecule has 3 aliphatic carbocycles. The molecule has 0 saturated heterocycles. The fourth-order valence-corrected chi connectivity index (χ4v) is 4.83. The number of ether oxygens (including phenoxy) is 1. The Balaban J connectivity index is 1.20. The van der Waals surface area contributed by atoms with Crippen LogP contribution in [0.2, 0.25) is 5.02 Å². The predicted octanol–water partition coefficient (Wildman–Crippen LogP) is 3.95. The molecule has 3 saturated carbocycles. The number of rotatable bonds is 8. The summed E-state index contributed by atoms with van der Waals surface area (Å²) in [6, 6.07) is 12.4. The van der Waals surface area contributed by atoms with Gasteiger partial charge in [0.15, 0.2) is 6.61 Å². The van der Waals surface area contributed by atoms with Gasteiger partial charge in [-0.15, -0.1) is 0 Å². The van der Waals surface area contributed by atoms with Gasteiger partial charge in [0.2, 0.25) is 5.91 Å². The van der Waals surface area contributed by atoms with E-state index in [1.54, 1.807) is 0 Å². The van der Waals surface area contributed by atoms with Gasteiger partial charge in [-0.05, 0) is 57.2 Å². The van der Waals surface area contributed by atoms with Gasteiger partial charge >= 0.3 is 0 Å². The van der Waals surface area contributed by atoms with Crippen LogP contribution >= 0.6 is 11.6 Å². The smallest absolute Gasteiger partial charge is 0.258 e. The van der Waals surface area contributed by atoms with Crippen LogP contribution in [0.1, 0.15) is 37.3 Å². The highest BCUT2D eigenvalue weighted by Gasteiger charge is 2.72. The molecule has 3 fully saturated rings. The monoisotopic (exact) mass is 444 g/mol. The number of halogens is 2. The Morgan fingerprint density at radius 3 is 2.48 bits per heavy atom. The molecule has 0 aromatic heterocycles. The Kier molecular flexibility index (Phi) is 5.69. The Morgan fingerprint density at radius 1 is 1.16 bits per heavy atom. The first-order valence-corrected chi connectivity index (χ1v) is 10.8. The van der Waals surface area contributed by atoms with Crippen molar-refractivity contribution >= 4 is 23.4 Å². The maximum atomic E-state index is 13.4. The first-order valence-electron chi connectivity index (χ1n) is 10.4. The van der Waals surface area contributed by atoms with E-state index in [1.807, 2.05) is 6.92 Å². The van der Waals surface area contributed by atoms with Crippen LogP contribution in [-0.2, 0) is 16.0 Å². The molecule has 2 aromatic carbocycles. The van der Waals surface area contributed by atoms with Gasteiger partial charge in [0.05, 0.1) is 10.4 Å². The lowest BCUT2D eigenvalue weighted by Gasteiger charge is -2.69. The van der Waals surface area contributed by atoms with Crippen molar-refractivity contribution in [3.05, 3.63) is 64.4 Å². The molecule has 31 heavy (non-hydrogen) atoms. The average molecular weight is 445 g/mol. The average Bonchev–Trinajstić information content (AvgIpc) is 2.66. The molecular formula is C24H26ClFN2O3. The Labute approximate surface area is 186 Å². The number of hydrogen-bond acceptors (Lipinski definition) is 3. The molecule has 2 amide bonds. The minimum atomic E-state index is -0.594. The van der Waals surface area contributed by atoms with Crippen molar-refractivity contribution in [2.75, 3.05) is 6.61 Å². The third kappa shape index (κ3) is 4.54. The predicted molar refractivity (Wildman–Crippen MR) is 117 cm³/mol. The van der Waals surface area contributed by atoms with Gasteiger partial charge in [0.1, 0.15) is 11.6 Å². The maximum absolute atomic E-state index is 13.4. The number of carbonyl (C=O) groups excluding carboxylic acids is 2. The Morgan fingerprint density at radius 2 is 1.84 bits per heavy atom. The van der Waals surface area contributed by atoms with Crippen LogP contribution in [0.4, 0.5) is 4.39 Å². The van der Waals surface area contributed by atoms with E-state index in [-0.39, 0.29) is 46.2 Å².